The molecule has 0 spiro atoms. The third-order valence-corrected chi connectivity index (χ3v) is 7.77. The minimum absolute atomic E-state index is 0.0719. The molecule has 0 fully saturated rings. The van der Waals surface area contributed by atoms with Gasteiger partial charge in [0.1, 0.15) is 39.6 Å². The second-order valence-corrected chi connectivity index (χ2v) is 20.3. The molecule has 0 aliphatic heterocycles. The van der Waals surface area contributed by atoms with E-state index in [1.54, 1.807) is 140 Å². The Morgan fingerprint density at radius 2 is 1.03 bits per heavy atom. The Bertz CT molecular complexity index is 1780. The molecule has 0 unspecified atom stereocenters. The number of guanidine groups is 2. The first kappa shape index (κ1) is 57.4. The van der Waals surface area contributed by atoms with E-state index in [1.165, 1.54) is 4.90 Å². The minimum Gasteiger partial charge on any atom is -0.494 e. The van der Waals surface area contributed by atoms with Gasteiger partial charge in [0, 0.05) is 32.2 Å². The number of hydrogen-bond donors (Lipinski definition) is 4. The summed E-state index contributed by atoms with van der Waals surface area (Å²) in [4.78, 5) is 74.9. The molecule has 65 heavy (non-hydrogen) atoms. The summed E-state index contributed by atoms with van der Waals surface area (Å²) in [6.45, 7) is 27.3. The van der Waals surface area contributed by atoms with Gasteiger partial charge < -0.3 is 38.6 Å². The molecule has 4 N–H and O–H groups in total. The number of hydrogen-bond acceptors (Lipinski definition) is 12. The van der Waals surface area contributed by atoms with Gasteiger partial charge in [-0.05, 0) is 147 Å². The van der Waals surface area contributed by atoms with Crippen molar-refractivity contribution in [1.29, 1.82) is 5.41 Å². The summed E-state index contributed by atoms with van der Waals surface area (Å²) >= 11 is 0. The average Bonchev–Trinajstić information content (AvgIpc) is 3.09. The lowest BCUT2D eigenvalue weighted by molar-refractivity contribution is 0.0344. The Kier molecular flexibility index (Phi) is 22.7. The topological polar surface area (TPSA) is 232 Å². The van der Waals surface area contributed by atoms with Crippen LogP contribution in [0.2, 0.25) is 0 Å². The zero-order valence-electron chi connectivity index (χ0n) is 41.9. The molecular formula is C46H78N8O11. The van der Waals surface area contributed by atoms with Gasteiger partial charge in [0.05, 0.1) is 6.61 Å². The molecule has 0 aliphatic carbocycles. The number of carbonyl (C=O) groups is 5. The van der Waals surface area contributed by atoms with Crippen LogP contribution in [-0.2, 0) is 23.7 Å². The highest BCUT2D eigenvalue weighted by atomic mass is 16.6. The van der Waals surface area contributed by atoms with Crippen molar-refractivity contribution in [2.75, 3.05) is 33.3 Å². The Morgan fingerprint density at radius 3 is 1.54 bits per heavy atom. The first-order valence-electron chi connectivity index (χ1n) is 22.1. The number of alkyl carbamates (subject to hydrolysis) is 2. The fraction of sp³-hybridized carbons (Fsp3) is 0.696. The van der Waals surface area contributed by atoms with Crippen LogP contribution in [0, 0.1) is 5.41 Å². The van der Waals surface area contributed by atoms with Crippen molar-refractivity contribution in [2.24, 2.45) is 9.98 Å². The van der Waals surface area contributed by atoms with E-state index in [-0.39, 0.29) is 30.9 Å². The molecule has 368 valence electrons. The van der Waals surface area contributed by atoms with Crippen molar-refractivity contribution in [3.63, 3.8) is 0 Å². The molecule has 19 heteroatoms. The fourth-order valence-corrected chi connectivity index (χ4v) is 5.29. The van der Waals surface area contributed by atoms with E-state index in [9.17, 15) is 24.0 Å². The first-order chi connectivity index (χ1) is 29.7. The van der Waals surface area contributed by atoms with E-state index in [2.05, 4.69) is 25.9 Å². The third-order valence-electron chi connectivity index (χ3n) is 7.77. The van der Waals surface area contributed by atoms with Crippen LogP contribution in [0.5, 0.6) is 5.75 Å². The van der Waals surface area contributed by atoms with E-state index < -0.39 is 58.5 Å². The minimum atomic E-state index is -0.856. The van der Waals surface area contributed by atoms with Crippen molar-refractivity contribution >= 4 is 48.2 Å². The van der Waals surface area contributed by atoms with Crippen molar-refractivity contribution in [2.45, 2.75) is 177 Å². The number of amidine groups is 1. The van der Waals surface area contributed by atoms with E-state index in [4.69, 9.17) is 33.8 Å². The van der Waals surface area contributed by atoms with Gasteiger partial charge in [0.25, 0.3) is 0 Å². The van der Waals surface area contributed by atoms with Gasteiger partial charge in [-0.3, -0.25) is 16.0 Å². The molecule has 0 heterocycles. The lowest BCUT2D eigenvalue weighted by atomic mass is 10.1. The lowest BCUT2D eigenvalue weighted by Gasteiger charge is -2.32. The molecule has 1 aromatic rings. The molecule has 5 amide bonds. The van der Waals surface area contributed by atoms with Crippen LogP contribution in [-0.4, -0.2) is 119 Å². The van der Waals surface area contributed by atoms with Crippen molar-refractivity contribution in [1.82, 2.24) is 25.8 Å². The van der Waals surface area contributed by atoms with Gasteiger partial charge in [-0.2, -0.15) is 0 Å². The predicted molar refractivity (Wildman–Crippen MR) is 251 cm³/mol. The highest BCUT2D eigenvalue weighted by Crippen LogP contribution is 2.18. The van der Waals surface area contributed by atoms with Crippen molar-refractivity contribution in [3.8, 4) is 5.75 Å². The molecule has 0 radical (unpaired) electrons. The highest BCUT2D eigenvalue weighted by Gasteiger charge is 2.30. The maximum Gasteiger partial charge on any atom is 0.437 e. The van der Waals surface area contributed by atoms with Crippen LogP contribution in [0.15, 0.2) is 34.3 Å². The summed E-state index contributed by atoms with van der Waals surface area (Å²) in [5, 5.41) is 16.1. The number of unbranched alkanes of at least 4 members (excludes halogenated alkanes) is 5. The molecule has 0 bridgehead atoms. The lowest BCUT2D eigenvalue weighted by Crippen LogP contribution is -2.49. The Morgan fingerprint density at radius 1 is 0.569 bits per heavy atom. The molecular weight excluding hydrogens is 841 g/mol. The van der Waals surface area contributed by atoms with Crippen LogP contribution in [0.3, 0.4) is 0 Å². The largest absolute Gasteiger partial charge is 0.494 e. The van der Waals surface area contributed by atoms with Crippen LogP contribution >= 0.6 is 0 Å². The number of rotatable bonds is 15. The Balaban J connectivity index is 2.96. The molecule has 0 saturated carbocycles. The quantitative estimate of drug-likeness (QED) is 0.0556. The molecule has 0 saturated heterocycles. The zero-order valence-corrected chi connectivity index (χ0v) is 41.9. The van der Waals surface area contributed by atoms with Crippen LogP contribution in [0.25, 0.3) is 0 Å². The first-order valence-corrected chi connectivity index (χ1v) is 22.1. The summed E-state index contributed by atoms with van der Waals surface area (Å²) in [6.07, 6.45) is 1.18. The van der Waals surface area contributed by atoms with Gasteiger partial charge >= 0.3 is 30.5 Å². The number of carbonyl (C=O) groups excluding carboxylic acids is 5. The van der Waals surface area contributed by atoms with E-state index in [0.717, 1.165) is 25.7 Å². The summed E-state index contributed by atoms with van der Waals surface area (Å²) in [5.41, 5.74) is -3.40. The van der Waals surface area contributed by atoms with Crippen LogP contribution < -0.4 is 20.7 Å². The molecule has 19 nitrogen and oxygen atoms in total. The summed E-state index contributed by atoms with van der Waals surface area (Å²) in [5.74, 6) is 0.433. The second-order valence-electron chi connectivity index (χ2n) is 20.3. The molecule has 0 atom stereocenters. The monoisotopic (exact) mass is 919 g/mol. The van der Waals surface area contributed by atoms with Gasteiger partial charge in [-0.25, -0.2) is 28.9 Å². The zero-order chi connectivity index (χ0) is 49.8. The van der Waals surface area contributed by atoms with Crippen molar-refractivity contribution < 1.29 is 52.4 Å². The molecule has 1 rings (SSSR count). The molecule has 0 aromatic heterocycles. The number of benzene rings is 1. The van der Waals surface area contributed by atoms with Crippen molar-refractivity contribution in [3.05, 3.63) is 29.8 Å². The number of nitrogens with one attached hydrogen (secondary N) is 4. The summed E-state index contributed by atoms with van der Waals surface area (Å²) in [6, 6.07) is 6.68. The molecule has 1 aromatic carbocycles. The van der Waals surface area contributed by atoms with Gasteiger partial charge in [0.15, 0.2) is 0 Å². The Hall–Kier alpha value is -5.62. The highest BCUT2D eigenvalue weighted by molar-refractivity contribution is 6.04. The maximum atomic E-state index is 13.7. The summed E-state index contributed by atoms with van der Waals surface area (Å²) in [7, 11) is 1.72. The fourth-order valence-electron chi connectivity index (χ4n) is 5.29. The predicted octanol–water partition coefficient (Wildman–Crippen LogP) is 9.51. The normalized spacial score (nSPS) is 12.6. The smallest absolute Gasteiger partial charge is 0.437 e. The van der Waals surface area contributed by atoms with Gasteiger partial charge in [-0.15, -0.1) is 9.98 Å². The number of nitrogens with zero attached hydrogens (tertiary/aromatic N) is 4. The summed E-state index contributed by atoms with van der Waals surface area (Å²) < 4.78 is 33.0. The third kappa shape index (κ3) is 28.7. The second kappa shape index (κ2) is 25.8. The van der Waals surface area contributed by atoms with Crippen LogP contribution in [0.4, 0.5) is 24.0 Å². The van der Waals surface area contributed by atoms with E-state index in [0.29, 0.717) is 43.7 Å². The van der Waals surface area contributed by atoms with Gasteiger partial charge in [-0.1, -0.05) is 25.7 Å². The average molecular weight is 919 g/mol. The van der Waals surface area contributed by atoms with E-state index in [1.807, 2.05) is 0 Å². The number of ether oxygens (including phenoxy) is 6. The maximum absolute atomic E-state index is 13.7. The molecule has 0 aliphatic rings. The standard InChI is InChI=1S/C46H78N8O11/c1-42(2,3)61-37(55)49-34(47)32-24-26-33(27-25-32)60-31-23-29-53(16)36(52-40(58)64-45(10,11)12)54(41(59)65-46(13,14)15)30-22-20-18-17-19-21-28-48-35(50-38(56)62-43(4,5)6)51-39(57)63-44(7,8)9/h24-27H,17-23,28-31H2,1-16H3,(H2,47,49,55)(H2,48,50,51,56,57)/b52-36-. The number of aliphatic imine (C=N–C) groups is 2. The van der Waals surface area contributed by atoms with Gasteiger partial charge in [0.2, 0.25) is 11.9 Å². The SMILES string of the molecule is CN(CCCOc1ccc(C(=N)NC(=O)OC(C)(C)C)cc1)/C(=N/C(=O)OC(C)(C)C)N(CCCCCCCCN/C(=N/C(=O)OC(C)(C)C)NC(=O)OC(C)(C)C)C(=O)OC(C)(C)C. The Labute approximate surface area is 386 Å². The number of amides is 5. The van der Waals surface area contributed by atoms with E-state index >= 15 is 0 Å². The van der Waals surface area contributed by atoms with Crippen LogP contribution in [0.1, 0.15) is 154 Å².